The number of carbonyl (C=O) groups excluding carboxylic acids is 1. The maximum Gasteiger partial charge on any atom is 0.379 e. The van der Waals surface area contributed by atoms with Crippen LogP contribution < -0.4 is 19.9 Å². The molecule has 0 spiro atoms. The highest BCUT2D eigenvalue weighted by Gasteiger charge is 2.31. The van der Waals surface area contributed by atoms with Crippen LogP contribution >= 0.6 is 0 Å². The van der Waals surface area contributed by atoms with Crippen LogP contribution in [0, 0.1) is 31.0 Å². The molecule has 208 valence electrons. The van der Waals surface area contributed by atoms with Crippen molar-refractivity contribution in [1.29, 1.82) is 5.26 Å². The Morgan fingerprint density at radius 3 is 2.60 bits per heavy atom. The molecule has 0 amide bonds. The lowest BCUT2D eigenvalue weighted by molar-refractivity contribution is 0.0702. The lowest BCUT2D eigenvalue weighted by atomic mass is 9.83. The van der Waals surface area contributed by atoms with E-state index in [-0.39, 0.29) is 35.4 Å². The number of nitrogens with two attached hydrogens (primary N) is 1. The molecule has 1 unspecified atom stereocenters. The van der Waals surface area contributed by atoms with Gasteiger partial charge in [0, 0.05) is 22.6 Å². The third-order valence-corrected chi connectivity index (χ3v) is 7.19. The molecule has 7 nitrogen and oxygen atoms in total. The normalized spacial score (nSPS) is 14.2. The number of carbonyl (C=O) groups is 1. The fourth-order valence-corrected chi connectivity index (χ4v) is 5.06. The maximum absolute atomic E-state index is 13.2. The summed E-state index contributed by atoms with van der Waals surface area (Å²) < 4.78 is 36.4. The second-order valence-electron chi connectivity index (χ2n) is 10.1. The van der Waals surface area contributed by atoms with Crippen molar-refractivity contribution in [1.82, 2.24) is 0 Å². The first-order chi connectivity index (χ1) is 20.3. The van der Waals surface area contributed by atoms with E-state index in [0.717, 1.165) is 22.1 Å². The van der Waals surface area contributed by atoms with Gasteiger partial charge in [0.15, 0.2) is 0 Å². The number of rotatable bonds is 6. The number of nitrogens with zero attached hydrogens (tertiary/aromatic N) is 1. The standard InChI is InChI=1S/C34H25FN2O5/c1-19-6-13-29-27(14-19)20(2)32(41-29)34(38)40-25-11-12-26-30(16-25)42-33(37)28(17-36)31(26)22-4-3-5-24(15-22)39-18-21-7-9-23(35)10-8-21/h3-16,31H,18,37H2,1-2H3. The van der Waals surface area contributed by atoms with Gasteiger partial charge in [-0.25, -0.2) is 9.18 Å². The number of nitriles is 1. The summed E-state index contributed by atoms with van der Waals surface area (Å²) in [4.78, 5) is 13.1. The predicted octanol–water partition coefficient (Wildman–Crippen LogP) is 7.21. The molecule has 5 aromatic rings. The molecule has 1 atom stereocenters. The van der Waals surface area contributed by atoms with Crippen molar-refractivity contribution in [2.24, 2.45) is 5.73 Å². The van der Waals surface area contributed by atoms with Crippen LogP contribution in [0.3, 0.4) is 0 Å². The van der Waals surface area contributed by atoms with E-state index in [4.69, 9.17) is 24.4 Å². The van der Waals surface area contributed by atoms with Gasteiger partial charge in [-0.3, -0.25) is 0 Å². The fourth-order valence-electron chi connectivity index (χ4n) is 5.06. The molecule has 2 heterocycles. The number of allylic oxidation sites excluding steroid dienone is 1. The van der Waals surface area contributed by atoms with E-state index in [1.165, 1.54) is 12.1 Å². The molecule has 4 aromatic carbocycles. The van der Waals surface area contributed by atoms with Gasteiger partial charge in [-0.1, -0.05) is 42.0 Å². The smallest absolute Gasteiger partial charge is 0.379 e. The molecule has 6 rings (SSSR count). The van der Waals surface area contributed by atoms with Crippen LogP contribution in [0.25, 0.3) is 11.0 Å². The monoisotopic (exact) mass is 560 g/mol. The number of benzene rings is 4. The minimum Gasteiger partial charge on any atom is -0.489 e. The van der Waals surface area contributed by atoms with Gasteiger partial charge >= 0.3 is 5.97 Å². The molecule has 8 heteroatoms. The van der Waals surface area contributed by atoms with Crippen molar-refractivity contribution in [3.63, 3.8) is 0 Å². The number of hydrogen-bond acceptors (Lipinski definition) is 7. The van der Waals surface area contributed by atoms with Crippen molar-refractivity contribution in [3.05, 3.63) is 136 Å². The quantitative estimate of drug-likeness (QED) is 0.173. The van der Waals surface area contributed by atoms with Crippen molar-refractivity contribution in [2.45, 2.75) is 26.4 Å². The molecule has 1 aliphatic heterocycles. The Morgan fingerprint density at radius 1 is 1.00 bits per heavy atom. The Labute approximate surface area is 241 Å². The lowest BCUT2D eigenvalue weighted by Gasteiger charge is -2.27. The number of furan rings is 1. The van der Waals surface area contributed by atoms with E-state index >= 15 is 0 Å². The summed E-state index contributed by atoms with van der Waals surface area (Å²) >= 11 is 0. The molecular weight excluding hydrogens is 535 g/mol. The van der Waals surface area contributed by atoms with E-state index in [2.05, 4.69) is 6.07 Å². The second-order valence-corrected chi connectivity index (χ2v) is 10.1. The van der Waals surface area contributed by atoms with Gasteiger partial charge in [0.2, 0.25) is 11.6 Å². The maximum atomic E-state index is 13.2. The van der Waals surface area contributed by atoms with E-state index in [1.54, 1.807) is 36.4 Å². The second kappa shape index (κ2) is 10.8. The number of halogens is 1. The number of ether oxygens (including phenoxy) is 3. The first kappa shape index (κ1) is 26.7. The van der Waals surface area contributed by atoms with Gasteiger partial charge in [-0.05, 0) is 67.4 Å². The topological polar surface area (TPSA) is 108 Å². The third-order valence-electron chi connectivity index (χ3n) is 7.19. The lowest BCUT2D eigenvalue weighted by Crippen LogP contribution is -2.21. The van der Waals surface area contributed by atoms with Gasteiger partial charge in [-0.2, -0.15) is 5.26 Å². The van der Waals surface area contributed by atoms with Gasteiger partial charge in [0.1, 0.15) is 46.9 Å². The minimum absolute atomic E-state index is 0.0420. The van der Waals surface area contributed by atoms with Crippen LogP contribution in [-0.4, -0.2) is 5.97 Å². The molecule has 42 heavy (non-hydrogen) atoms. The summed E-state index contributed by atoms with van der Waals surface area (Å²) in [5.74, 6) is -0.253. The average Bonchev–Trinajstić information content (AvgIpc) is 3.31. The molecule has 0 saturated heterocycles. The van der Waals surface area contributed by atoms with Crippen LogP contribution in [0.2, 0.25) is 0 Å². The summed E-state index contributed by atoms with van der Waals surface area (Å²) in [6.07, 6.45) is 0. The summed E-state index contributed by atoms with van der Waals surface area (Å²) in [7, 11) is 0. The minimum atomic E-state index is -0.638. The Morgan fingerprint density at radius 2 is 1.81 bits per heavy atom. The highest BCUT2D eigenvalue weighted by molar-refractivity contribution is 5.97. The summed E-state index contributed by atoms with van der Waals surface area (Å²) in [5, 5.41) is 10.8. The van der Waals surface area contributed by atoms with E-state index < -0.39 is 11.9 Å². The Bertz CT molecular complexity index is 1920. The van der Waals surface area contributed by atoms with E-state index in [9.17, 15) is 14.4 Å². The van der Waals surface area contributed by atoms with Crippen molar-refractivity contribution in [2.75, 3.05) is 0 Å². The number of esters is 1. The predicted molar refractivity (Wildman–Crippen MR) is 154 cm³/mol. The summed E-state index contributed by atoms with van der Waals surface area (Å²) in [6, 6.07) is 26.2. The molecule has 1 aromatic heterocycles. The Kier molecular flexibility index (Phi) is 6.85. The van der Waals surface area contributed by atoms with Crippen LogP contribution in [0.4, 0.5) is 4.39 Å². The Hall–Kier alpha value is -5.55. The molecule has 0 bridgehead atoms. The molecule has 0 saturated carbocycles. The van der Waals surface area contributed by atoms with Gasteiger partial charge in [-0.15, -0.1) is 0 Å². The van der Waals surface area contributed by atoms with Crippen LogP contribution in [-0.2, 0) is 6.61 Å². The van der Waals surface area contributed by atoms with Gasteiger partial charge in [0.05, 0.1) is 5.92 Å². The number of hydrogen-bond donors (Lipinski definition) is 1. The Balaban J connectivity index is 1.27. The third kappa shape index (κ3) is 5.04. The van der Waals surface area contributed by atoms with Crippen molar-refractivity contribution >= 4 is 16.9 Å². The number of aryl methyl sites for hydroxylation is 2. The fraction of sp³-hybridized carbons (Fsp3) is 0.118. The molecule has 0 fully saturated rings. The zero-order valence-electron chi connectivity index (χ0n) is 22.8. The molecule has 0 aliphatic carbocycles. The first-order valence-electron chi connectivity index (χ1n) is 13.2. The van der Waals surface area contributed by atoms with Crippen LogP contribution in [0.15, 0.2) is 101 Å². The largest absolute Gasteiger partial charge is 0.489 e. The summed E-state index contributed by atoms with van der Waals surface area (Å²) in [5.41, 5.74) is 11.0. The van der Waals surface area contributed by atoms with Crippen molar-refractivity contribution < 1.29 is 27.8 Å². The van der Waals surface area contributed by atoms with Gasteiger partial charge in [0.25, 0.3) is 0 Å². The molecule has 1 aliphatic rings. The highest BCUT2D eigenvalue weighted by atomic mass is 19.1. The first-order valence-corrected chi connectivity index (χ1v) is 13.2. The number of fused-ring (bicyclic) bond motifs is 2. The van der Waals surface area contributed by atoms with Crippen LogP contribution in [0.1, 0.15) is 44.3 Å². The van der Waals surface area contributed by atoms with Gasteiger partial charge < -0.3 is 24.4 Å². The molecule has 0 radical (unpaired) electrons. The van der Waals surface area contributed by atoms with Crippen molar-refractivity contribution in [3.8, 4) is 23.3 Å². The average molecular weight is 561 g/mol. The summed E-state index contributed by atoms with van der Waals surface area (Å²) in [6.45, 7) is 4.03. The van der Waals surface area contributed by atoms with E-state index in [1.807, 2.05) is 50.2 Å². The zero-order valence-corrected chi connectivity index (χ0v) is 22.8. The SMILES string of the molecule is Cc1ccc2oc(C(=O)Oc3ccc4c(c3)OC(N)=C(C#N)C4c3cccc(OCc4ccc(F)cc4)c3)c(C)c2c1. The highest BCUT2D eigenvalue weighted by Crippen LogP contribution is 2.44. The van der Waals surface area contributed by atoms with E-state index in [0.29, 0.717) is 28.2 Å². The molecule has 2 N–H and O–H groups in total. The molecular formula is C34H25FN2O5. The zero-order chi connectivity index (χ0) is 29.4. The van der Waals surface area contributed by atoms with Crippen LogP contribution in [0.5, 0.6) is 17.2 Å².